The van der Waals surface area contributed by atoms with E-state index in [2.05, 4.69) is 15.1 Å². The maximum atomic E-state index is 12.2. The van der Waals surface area contributed by atoms with Crippen LogP contribution in [0.25, 0.3) is 0 Å². The normalized spacial score (nSPS) is 14.8. The summed E-state index contributed by atoms with van der Waals surface area (Å²) in [4.78, 5) is 17.0. The number of rotatable bonds is 2. The van der Waals surface area contributed by atoms with Gasteiger partial charge in [0.2, 0.25) is 0 Å². The zero-order valence-corrected chi connectivity index (χ0v) is 12.1. The molecule has 1 aliphatic heterocycles. The van der Waals surface area contributed by atoms with Crippen LogP contribution in [0, 0.1) is 11.3 Å². The molecule has 2 aromatic rings. The van der Waals surface area contributed by atoms with Gasteiger partial charge in [-0.15, -0.1) is 21.5 Å². The average molecular weight is 299 g/mol. The lowest BCUT2D eigenvalue weighted by Gasteiger charge is -2.34. The number of piperazine rings is 1. The van der Waals surface area contributed by atoms with E-state index in [-0.39, 0.29) is 5.91 Å². The average Bonchev–Trinajstić information content (AvgIpc) is 3.09. The monoisotopic (exact) mass is 299 g/mol. The van der Waals surface area contributed by atoms with E-state index in [0.29, 0.717) is 18.8 Å². The van der Waals surface area contributed by atoms with E-state index >= 15 is 0 Å². The maximum absolute atomic E-state index is 12.2. The second-order valence-electron chi connectivity index (χ2n) is 4.65. The Hall–Kier alpha value is -2.46. The number of carbonyl (C=O) groups excluding carboxylic acids is 1. The Balaban J connectivity index is 1.62. The predicted molar refractivity (Wildman–Crippen MR) is 79.2 cm³/mol. The summed E-state index contributed by atoms with van der Waals surface area (Å²) in [5, 5.41) is 18.5. The van der Waals surface area contributed by atoms with Crippen LogP contribution in [0.4, 0.5) is 5.82 Å². The smallest absolute Gasteiger partial charge is 0.264 e. The van der Waals surface area contributed by atoms with Gasteiger partial charge in [0, 0.05) is 26.2 Å². The molecule has 3 rings (SSSR count). The van der Waals surface area contributed by atoms with Gasteiger partial charge in [-0.25, -0.2) is 0 Å². The Kier molecular flexibility index (Phi) is 3.79. The van der Waals surface area contributed by atoms with Gasteiger partial charge in [0.25, 0.3) is 5.91 Å². The molecule has 0 atom stereocenters. The number of carbonyl (C=O) groups is 1. The molecule has 7 heteroatoms. The standard InChI is InChI=1S/C14H13N5OS/c15-10-11-3-4-13(17-16-11)18-5-7-19(8-6-18)14(20)12-2-1-9-21-12/h1-4,9H,5-8H2. The first-order valence-corrected chi connectivity index (χ1v) is 7.47. The first-order chi connectivity index (χ1) is 10.3. The number of nitriles is 1. The Morgan fingerprint density at radius 1 is 1.19 bits per heavy atom. The van der Waals surface area contributed by atoms with Crippen molar-refractivity contribution in [3.8, 4) is 6.07 Å². The van der Waals surface area contributed by atoms with E-state index in [9.17, 15) is 4.79 Å². The van der Waals surface area contributed by atoms with E-state index < -0.39 is 0 Å². The van der Waals surface area contributed by atoms with Crippen molar-refractivity contribution in [1.29, 1.82) is 5.26 Å². The SMILES string of the molecule is N#Cc1ccc(N2CCN(C(=O)c3cccs3)CC2)nn1. The minimum absolute atomic E-state index is 0.0931. The molecule has 0 N–H and O–H groups in total. The van der Waals surface area contributed by atoms with Crippen LogP contribution in [0.2, 0.25) is 0 Å². The van der Waals surface area contributed by atoms with Crippen LogP contribution in [0.1, 0.15) is 15.4 Å². The van der Waals surface area contributed by atoms with Gasteiger partial charge in [-0.1, -0.05) is 6.07 Å². The van der Waals surface area contributed by atoms with Crippen LogP contribution in [0.5, 0.6) is 0 Å². The van der Waals surface area contributed by atoms with Crippen LogP contribution in [0.15, 0.2) is 29.6 Å². The third kappa shape index (κ3) is 2.85. The largest absolute Gasteiger partial charge is 0.352 e. The molecule has 2 aromatic heterocycles. The van der Waals surface area contributed by atoms with Crippen LogP contribution in [0.3, 0.4) is 0 Å². The first-order valence-electron chi connectivity index (χ1n) is 6.59. The van der Waals surface area contributed by atoms with Crippen LogP contribution >= 0.6 is 11.3 Å². The Labute approximate surface area is 126 Å². The van der Waals surface area contributed by atoms with Crippen LogP contribution in [-0.2, 0) is 0 Å². The van der Waals surface area contributed by atoms with Gasteiger partial charge >= 0.3 is 0 Å². The van der Waals surface area contributed by atoms with Crippen molar-refractivity contribution >= 4 is 23.1 Å². The van der Waals surface area contributed by atoms with Crippen LogP contribution in [-0.4, -0.2) is 47.2 Å². The summed E-state index contributed by atoms with van der Waals surface area (Å²) in [6.45, 7) is 2.77. The summed E-state index contributed by atoms with van der Waals surface area (Å²) in [5.41, 5.74) is 0.310. The number of aromatic nitrogens is 2. The maximum Gasteiger partial charge on any atom is 0.264 e. The number of thiophene rings is 1. The Morgan fingerprint density at radius 2 is 2.00 bits per heavy atom. The van der Waals surface area contributed by atoms with Crippen LogP contribution < -0.4 is 4.90 Å². The number of amides is 1. The van der Waals surface area contributed by atoms with E-state index in [0.717, 1.165) is 23.8 Å². The van der Waals surface area contributed by atoms with Crippen molar-refractivity contribution in [2.45, 2.75) is 0 Å². The molecule has 0 bridgehead atoms. The van der Waals surface area contributed by atoms with Crippen molar-refractivity contribution in [3.05, 3.63) is 40.2 Å². The summed E-state index contributed by atoms with van der Waals surface area (Å²) in [5.74, 6) is 0.841. The summed E-state index contributed by atoms with van der Waals surface area (Å²) in [6.07, 6.45) is 0. The third-order valence-electron chi connectivity index (χ3n) is 3.39. The number of hydrogen-bond acceptors (Lipinski definition) is 6. The molecule has 0 aromatic carbocycles. The lowest BCUT2D eigenvalue weighted by Crippen LogP contribution is -2.49. The van der Waals surface area contributed by atoms with Crippen molar-refractivity contribution in [3.63, 3.8) is 0 Å². The molecule has 3 heterocycles. The molecule has 1 amide bonds. The lowest BCUT2D eigenvalue weighted by molar-refractivity contribution is 0.0751. The number of anilines is 1. The zero-order valence-electron chi connectivity index (χ0n) is 11.3. The molecule has 106 valence electrons. The highest BCUT2D eigenvalue weighted by atomic mass is 32.1. The van der Waals surface area contributed by atoms with Gasteiger partial charge < -0.3 is 9.80 Å². The lowest BCUT2D eigenvalue weighted by atomic mass is 10.3. The second-order valence-corrected chi connectivity index (χ2v) is 5.59. The molecule has 0 saturated carbocycles. The highest BCUT2D eigenvalue weighted by Crippen LogP contribution is 2.16. The van der Waals surface area contributed by atoms with Gasteiger partial charge in [-0.3, -0.25) is 4.79 Å². The van der Waals surface area contributed by atoms with Crippen molar-refractivity contribution < 1.29 is 4.79 Å². The van der Waals surface area contributed by atoms with Gasteiger partial charge in [0.15, 0.2) is 11.5 Å². The summed E-state index contributed by atoms with van der Waals surface area (Å²) >= 11 is 1.47. The molecular weight excluding hydrogens is 286 g/mol. The fourth-order valence-corrected chi connectivity index (χ4v) is 2.94. The summed E-state index contributed by atoms with van der Waals surface area (Å²) in [6, 6.07) is 9.15. The number of nitrogens with zero attached hydrogens (tertiary/aromatic N) is 5. The molecule has 6 nitrogen and oxygen atoms in total. The minimum atomic E-state index is 0.0931. The third-order valence-corrected chi connectivity index (χ3v) is 4.25. The van der Waals surface area contributed by atoms with Gasteiger partial charge in [0.05, 0.1) is 4.88 Å². The Bertz CT molecular complexity index is 654. The van der Waals surface area contributed by atoms with E-state index in [1.165, 1.54) is 11.3 Å². The fraction of sp³-hybridized carbons (Fsp3) is 0.286. The Morgan fingerprint density at radius 3 is 2.57 bits per heavy atom. The first kappa shape index (κ1) is 13.5. The van der Waals surface area contributed by atoms with Crippen molar-refractivity contribution in [2.24, 2.45) is 0 Å². The summed E-state index contributed by atoms with van der Waals surface area (Å²) < 4.78 is 0. The highest BCUT2D eigenvalue weighted by molar-refractivity contribution is 7.12. The van der Waals surface area contributed by atoms with E-state index in [1.807, 2.05) is 28.5 Å². The van der Waals surface area contributed by atoms with E-state index in [1.54, 1.807) is 12.1 Å². The van der Waals surface area contributed by atoms with Gasteiger partial charge in [-0.2, -0.15) is 5.26 Å². The quantitative estimate of drug-likeness (QED) is 0.837. The molecule has 0 radical (unpaired) electrons. The summed E-state index contributed by atoms with van der Waals surface area (Å²) in [7, 11) is 0. The fourth-order valence-electron chi connectivity index (χ4n) is 2.25. The van der Waals surface area contributed by atoms with Crippen molar-refractivity contribution in [2.75, 3.05) is 31.1 Å². The molecule has 21 heavy (non-hydrogen) atoms. The van der Waals surface area contributed by atoms with E-state index in [4.69, 9.17) is 5.26 Å². The zero-order chi connectivity index (χ0) is 14.7. The highest BCUT2D eigenvalue weighted by Gasteiger charge is 2.23. The molecule has 1 fully saturated rings. The molecule has 1 aliphatic rings. The van der Waals surface area contributed by atoms with Crippen molar-refractivity contribution in [1.82, 2.24) is 15.1 Å². The van der Waals surface area contributed by atoms with Gasteiger partial charge in [-0.05, 0) is 23.6 Å². The molecular formula is C14H13N5OS. The molecule has 0 aliphatic carbocycles. The van der Waals surface area contributed by atoms with Gasteiger partial charge in [0.1, 0.15) is 6.07 Å². The molecule has 0 unspecified atom stereocenters. The number of hydrogen-bond donors (Lipinski definition) is 0. The molecule has 0 spiro atoms. The second kappa shape index (κ2) is 5.89. The predicted octanol–water partition coefficient (Wildman–Crippen LogP) is 1.37. The topological polar surface area (TPSA) is 73.1 Å². The molecule has 1 saturated heterocycles. The minimum Gasteiger partial charge on any atom is -0.352 e.